The highest BCUT2D eigenvalue weighted by Crippen LogP contribution is 2.27. The Morgan fingerprint density at radius 2 is 1.86 bits per heavy atom. The highest BCUT2D eigenvalue weighted by molar-refractivity contribution is 7.89. The van der Waals surface area contributed by atoms with E-state index < -0.39 is 22.3 Å². The maximum atomic E-state index is 12.8. The second-order valence-electron chi connectivity index (χ2n) is 5.48. The Bertz CT molecular complexity index is 664. The Morgan fingerprint density at radius 1 is 1.23 bits per heavy atom. The summed E-state index contributed by atoms with van der Waals surface area (Å²) in [6.07, 6.45) is 3.15. The van der Waals surface area contributed by atoms with E-state index >= 15 is 0 Å². The van der Waals surface area contributed by atoms with E-state index in [9.17, 15) is 18.3 Å². The van der Waals surface area contributed by atoms with Crippen molar-refractivity contribution in [2.45, 2.75) is 50.3 Å². The molecular formula is C16H21NO4S. The monoisotopic (exact) mass is 323 g/mol. The lowest BCUT2D eigenvalue weighted by atomic mass is 10.0. The number of ketones is 1. The SMILES string of the molecule is CCCC[C@H]1C(=O)C=CC(O)N1S(=O)(=O)c1ccc(C)cc1. The molecule has 0 spiro atoms. The molecule has 1 unspecified atom stereocenters. The van der Waals surface area contributed by atoms with Crippen LogP contribution in [-0.4, -0.2) is 35.9 Å². The average Bonchev–Trinajstić information content (AvgIpc) is 2.48. The van der Waals surface area contributed by atoms with Gasteiger partial charge in [0.05, 0.1) is 10.9 Å². The quantitative estimate of drug-likeness (QED) is 0.899. The minimum absolute atomic E-state index is 0.0850. The smallest absolute Gasteiger partial charge is 0.246 e. The molecule has 1 aliphatic rings. The standard InChI is InChI=1S/C16H21NO4S/c1-3-4-5-14-15(18)10-11-16(19)17(14)22(20,21)13-8-6-12(2)7-9-13/h6-11,14,16,19H,3-5H2,1-2H3/t14-,16?/m0/s1. The van der Waals surface area contributed by atoms with Gasteiger partial charge in [0.2, 0.25) is 10.0 Å². The second kappa shape index (κ2) is 6.73. The van der Waals surface area contributed by atoms with Gasteiger partial charge in [0, 0.05) is 0 Å². The maximum absolute atomic E-state index is 12.8. The molecule has 120 valence electrons. The van der Waals surface area contributed by atoms with Crippen LogP contribution in [0.25, 0.3) is 0 Å². The van der Waals surface area contributed by atoms with Gasteiger partial charge in [0.1, 0.15) is 6.23 Å². The number of sulfonamides is 1. The first-order valence-electron chi connectivity index (χ1n) is 7.38. The van der Waals surface area contributed by atoms with Gasteiger partial charge in [-0.1, -0.05) is 37.5 Å². The number of aliphatic hydroxyl groups is 1. The minimum Gasteiger partial charge on any atom is -0.374 e. The Hall–Kier alpha value is -1.50. The molecule has 0 fully saturated rings. The Labute approximate surface area is 131 Å². The molecule has 22 heavy (non-hydrogen) atoms. The second-order valence-corrected chi connectivity index (χ2v) is 7.32. The van der Waals surface area contributed by atoms with Crippen molar-refractivity contribution in [3.8, 4) is 0 Å². The minimum atomic E-state index is -3.93. The molecule has 0 aromatic heterocycles. The van der Waals surface area contributed by atoms with E-state index in [0.29, 0.717) is 6.42 Å². The molecule has 1 aromatic rings. The van der Waals surface area contributed by atoms with Crippen LogP contribution in [0, 0.1) is 6.92 Å². The van der Waals surface area contributed by atoms with Crippen molar-refractivity contribution in [1.82, 2.24) is 4.31 Å². The molecule has 6 heteroatoms. The summed E-state index contributed by atoms with van der Waals surface area (Å²) in [5.41, 5.74) is 0.941. The van der Waals surface area contributed by atoms with Gasteiger partial charge in [0.25, 0.3) is 0 Å². The molecule has 0 saturated heterocycles. The van der Waals surface area contributed by atoms with E-state index in [0.717, 1.165) is 22.7 Å². The number of benzene rings is 1. The highest BCUT2D eigenvalue weighted by Gasteiger charge is 2.40. The van der Waals surface area contributed by atoms with Crippen LogP contribution in [0.2, 0.25) is 0 Å². The van der Waals surface area contributed by atoms with Gasteiger partial charge in [-0.3, -0.25) is 4.79 Å². The van der Waals surface area contributed by atoms with Crippen LogP contribution in [0.4, 0.5) is 0 Å². The summed E-state index contributed by atoms with van der Waals surface area (Å²) in [7, 11) is -3.93. The number of hydrogen-bond acceptors (Lipinski definition) is 4. The van der Waals surface area contributed by atoms with Crippen LogP contribution >= 0.6 is 0 Å². The number of aryl methyl sites for hydroxylation is 1. The lowest BCUT2D eigenvalue weighted by molar-refractivity contribution is -0.121. The number of unbranched alkanes of at least 4 members (excludes halogenated alkanes) is 1. The predicted octanol–water partition coefficient (Wildman–Crippen LogP) is 2.00. The normalized spacial score (nSPS) is 23.0. The van der Waals surface area contributed by atoms with E-state index in [1.54, 1.807) is 12.1 Å². The van der Waals surface area contributed by atoms with Crippen LogP contribution in [-0.2, 0) is 14.8 Å². The van der Waals surface area contributed by atoms with Crippen LogP contribution in [0.1, 0.15) is 31.7 Å². The summed E-state index contributed by atoms with van der Waals surface area (Å²) < 4.78 is 26.5. The first-order valence-corrected chi connectivity index (χ1v) is 8.82. The third kappa shape index (κ3) is 3.29. The zero-order chi connectivity index (χ0) is 16.3. The molecule has 2 atom stereocenters. The van der Waals surface area contributed by atoms with Crippen molar-refractivity contribution in [2.24, 2.45) is 0 Å². The Balaban J connectivity index is 2.42. The van der Waals surface area contributed by atoms with Crippen LogP contribution in [0.5, 0.6) is 0 Å². The molecule has 1 aromatic carbocycles. The molecule has 1 N–H and O–H groups in total. The Morgan fingerprint density at radius 3 is 2.45 bits per heavy atom. The summed E-state index contributed by atoms with van der Waals surface area (Å²) >= 11 is 0. The van der Waals surface area contributed by atoms with Crippen molar-refractivity contribution < 1.29 is 18.3 Å². The number of aliphatic hydroxyl groups excluding tert-OH is 1. The van der Waals surface area contributed by atoms with Crippen molar-refractivity contribution in [3.63, 3.8) is 0 Å². The van der Waals surface area contributed by atoms with E-state index in [2.05, 4.69) is 0 Å². The van der Waals surface area contributed by atoms with Gasteiger partial charge in [-0.15, -0.1) is 0 Å². The first-order chi connectivity index (χ1) is 10.4. The van der Waals surface area contributed by atoms with Gasteiger partial charge in [-0.25, -0.2) is 8.42 Å². The van der Waals surface area contributed by atoms with Gasteiger partial charge >= 0.3 is 0 Å². The number of nitrogens with zero attached hydrogens (tertiary/aromatic N) is 1. The largest absolute Gasteiger partial charge is 0.374 e. The zero-order valence-electron chi connectivity index (χ0n) is 12.8. The van der Waals surface area contributed by atoms with Gasteiger partial charge in [-0.2, -0.15) is 4.31 Å². The lowest BCUT2D eigenvalue weighted by Crippen LogP contribution is -2.52. The molecule has 1 aliphatic heterocycles. The predicted molar refractivity (Wildman–Crippen MR) is 83.7 cm³/mol. The molecule has 0 bridgehead atoms. The molecule has 0 aliphatic carbocycles. The molecule has 0 saturated carbocycles. The fraction of sp³-hybridized carbons (Fsp3) is 0.438. The first kappa shape index (κ1) is 16.9. The fourth-order valence-corrected chi connectivity index (χ4v) is 4.12. The van der Waals surface area contributed by atoms with Crippen LogP contribution in [0.3, 0.4) is 0 Å². The van der Waals surface area contributed by atoms with E-state index in [4.69, 9.17) is 0 Å². The summed E-state index contributed by atoms with van der Waals surface area (Å²) in [5, 5.41) is 10.1. The number of rotatable bonds is 5. The van der Waals surface area contributed by atoms with Crippen molar-refractivity contribution in [1.29, 1.82) is 0 Å². The van der Waals surface area contributed by atoms with Crippen LogP contribution in [0.15, 0.2) is 41.3 Å². The van der Waals surface area contributed by atoms with Crippen molar-refractivity contribution in [2.75, 3.05) is 0 Å². The Kier molecular flexibility index (Phi) is 5.16. The molecule has 1 heterocycles. The topological polar surface area (TPSA) is 74.7 Å². The highest BCUT2D eigenvalue weighted by atomic mass is 32.2. The zero-order valence-corrected chi connectivity index (χ0v) is 13.6. The van der Waals surface area contributed by atoms with Crippen molar-refractivity contribution in [3.05, 3.63) is 42.0 Å². The summed E-state index contributed by atoms with van der Waals surface area (Å²) in [5.74, 6) is -0.283. The van der Waals surface area contributed by atoms with Gasteiger partial charge in [0.15, 0.2) is 5.78 Å². The van der Waals surface area contributed by atoms with Crippen molar-refractivity contribution >= 4 is 15.8 Å². The van der Waals surface area contributed by atoms with E-state index in [-0.39, 0.29) is 10.7 Å². The maximum Gasteiger partial charge on any atom is 0.246 e. The van der Waals surface area contributed by atoms with Crippen LogP contribution < -0.4 is 0 Å². The van der Waals surface area contributed by atoms with E-state index in [1.165, 1.54) is 24.3 Å². The summed E-state index contributed by atoms with van der Waals surface area (Å²) in [6, 6.07) is 5.55. The molecule has 0 amide bonds. The summed E-state index contributed by atoms with van der Waals surface area (Å²) in [6.45, 7) is 3.83. The molecular weight excluding hydrogens is 302 g/mol. The lowest BCUT2D eigenvalue weighted by Gasteiger charge is -2.34. The van der Waals surface area contributed by atoms with Gasteiger partial charge in [-0.05, 0) is 37.6 Å². The van der Waals surface area contributed by atoms with E-state index in [1.807, 2.05) is 13.8 Å². The number of hydrogen-bond donors (Lipinski definition) is 1. The third-order valence-electron chi connectivity index (χ3n) is 3.76. The molecule has 5 nitrogen and oxygen atoms in total. The number of carbonyl (C=O) groups excluding carboxylic acids is 1. The average molecular weight is 323 g/mol. The molecule has 0 radical (unpaired) electrons. The third-order valence-corrected chi connectivity index (χ3v) is 5.65. The number of carbonyl (C=O) groups is 1. The van der Waals surface area contributed by atoms with Gasteiger partial charge < -0.3 is 5.11 Å². The summed E-state index contributed by atoms with van der Waals surface area (Å²) in [4.78, 5) is 12.2. The molecule has 2 rings (SSSR count). The fourth-order valence-electron chi connectivity index (χ4n) is 2.50.